The van der Waals surface area contributed by atoms with Crippen molar-refractivity contribution in [3.05, 3.63) is 80.4 Å². The van der Waals surface area contributed by atoms with Crippen LogP contribution in [-0.4, -0.2) is 10.9 Å². The number of oxime groups is 1. The van der Waals surface area contributed by atoms with Crippen LogP contribution in [0.4, 0.5) is 0 Å². The van der Waals surface area contributed by atoms with Gasteiger partial charge in [-0.25, -0.2) is 4.79 Å². The summed E-state index contributed by atoms with van der Waals surface area (Å²) in [4.78, 5) is 11.8. The van der Waals surface area contributed by atoms with E-state index in [9.17, 15) is 10.0 Å². The summed E-state index contributed by atoms with van der Waals surface area (Å²) in [5, 5.41) is 14.9. The molecule has 0 amide bonds. The van der Waals surface area contributed by atoms with E-state index < -0.39 is 0 Å². The van der Waals surface area contributed by atoms with Crippen molar-refractivity contribution in [3.63, 3.8) is 0 Å². The average Bonchev–Trinajstić information content (AvgIpc) is 2.96. The van der Waals surface area contributed by atoms with Gasteiger partial charge < -0.3 is 14.0 Å². The number of furan rings is 1. The molecule has 2 heterocycles. The minimum Gasteiger partial charge on any atom is -0.454 e. The first-order valence-corrected chi connectivity index (χ1v) is 8.67. The van der Waals surface area contributed by atoms with Crippen molar-refractivity contribution in [2.45, 2.75) is 27.7 Å². The van der Waals surface area contributed by atoms with E-state index in [1.54, 1.807) is 0 Å². The van der Waals surface area contributed by atoms with E-state index in [0.29, 0.717) is 22.6 Å². The van der Waals surface area contributed by atoms with Crippen LogP contribution in [0.1, 0.15) is 33.6 Å². The van der Waals surface area contributed by atoms with Crippen LogP contribution >= 0.6 is 0 Å². The van der Waals surface area contributed by atoms with Crippen molar-refractivity contribution in [2.75, 3.05) is 0 Å². The third-order valence-corrected chi connectivity index (χ3v) is 5.01. The molecule has 0 aliphatic heterocycles. The van der Waals surface area contributed by atoms with Crippen LogP contribution in [0, 0.1) is 27.7 Å². The molecule has 0 saturated carbocycles. The first-order chi connectivity index (χ1) is 12.9. The smallest absolute Gasteiger partial charge is 0.336 e. The van der Waals surface area contributed by atoms with Crippen molar-refractivity contribution >= 4 is 27.7 Å². The quantitative estimate of drug-likeness (QED) is 0.236. The van der Waals surface area contributed by atoms with Gasteiger partial charge in [0.05, 0.1) is 0 Å². The first-order valence-electron chi connectivity index (χ1n) is 8.67. The normalized spacial score (nSPS) is 12.2. The van der Waals surface area contributed by atoms with Gasteiger partial charge in [-0.1, -0.05) is 35.0 Å². The fraction of sp³-hybridized carbons (Fsp3) is 0.182. The molecule has 1 N–H and O–H groups in total. The van der Waals surface area contributed by atoms with Crippen LogP contribution in [0.25, 0.3) is 21.9 Å². The first kappa shape index (κ1) is 17.1. The summed E-state index contributed by atoms with van der Waals surface area (Å²) in [6, 6.07) is 11.1. The average molecular weight is 361 g/mol. The highest BCUT2D eigenvalue weighted by Gasteiger charge is 2.21. The van der Waals surface area contributed by atoms with E-state index in [1.165, 1.54) is 6.07 Å². The maximum Gasteiger partial charge on any atom is 0.336 e. The Labute approximate surface area is 155 Å². The standard InChI is InChI=1S/C22H19NO4/c1-11-5-7-15(8-6-11)19(23-25)22-13(3)17-10-16-12(2)9-18(24)26-20(16)14(4)21(17)27-22/h5-10,25H,1-4H3/b23-19-. The molecule has 136 valence electrons. The topological polar surface area (TPSA) is 75.9 Å². The number of nitrogens with zero attached hydrogens (tertiary/aromatic N) is 1. The molecule has 0 saturated heterocycles. The Morgan fingerprint density at radius 1 is 0.889 bits per heavy atom. The lowest BCUT2D eigenvalue weighted by molar-refractivity contribution is 0.318. The van der Waals surface area contributed by atoms with E-state index in [4.69, 9.17) is 8.83 Å². The zero-order valence-electron chi connectivity index (χ0n) is 15.6. The van der Waals surface area contributed by atoms with Gasteiger partial charge in [0.25, 0.3) is 0 Å². The largest absolute Gasteiger partial charge is 0.454 e. The van der Waals surface area contributed by atoms with Crippen LogP contribution in [0.2, 0.25) is 0 Å². The van der Waals surface area contributed by atoms with Gasteiger partial charge in [-0.05, 0) is 39.3 Å². The molecule has 0 atom stereocenters. The molecular weight excluding hydrogens is 342 g/mol. The van der Waals surface area contributed by atoms with Gasteiger partial charge >= 0.3 is 5.63 Å². The summed E-state index contributed by atoms with van der Waals surface area (Å²) >= 11 is 0. The van der Waals surface area contributed by atoms with Gasteiger partial charge in [0.2, 0.25) is 0 Å². The van der Waals surface area contributed by atoms with Gasteiger partial charge in [-0.2, -0.15) is 0 Å². The van der Waals surface area contributed by atoms with Gasteiger partial charge in [0.1, 0.15) is 11.2 Å². The predicted molar refractivity (Wildman–Crippen MR) is 105 cm³/mol. The summed E-state index contributed by atoms with van der Waals surface area (Å²) in [5.41, 5.74) is 5.46. The second-order valence-electron chi connectivity index (χ2n) is 6.87. The summed E-state index contributed by atoms with van der Waals surface area (Å²) in [6.07, 6.45) is 0. The zero-order chi connectivity index (χ0) is 19.3. The second-order valence-corrected chi connectivity index (χ2v) is 6.87. The Morgan fingerprint density at radius 3 is 2.22 bits per heavy atom. The highest BCUT2D eigenvalue weighted by atomic mass is 16.4. The third-order valence-electron chi connectivity index (χ3n) is 5.01. The van der Waals surface area contributed by atoms with Gasteiger partial charge in [0, 0.05) is 33.5 Å². The van der Waals surface area contributed by atoms with Crippen molar-refractivity contribution in [1.29, 1.82) is 0 Å². The number of hydrogen-bond acceptors (Lipinski definition) is 5. The Balaban J connectivity index is 2.03. The summed E-state index contributed by atoms with van der Waals surface area (Å²) in [7, 11) is 0. The Bertz CT molecular complexity index is 1270. The monoisotopic (exact) mass is 361 g/mol. The van der Waals surface area contributed by atoms with E-state index in [-0.39, 0.29) is 5.63 Å². The minimum atomic E-state index is -0.386. The Hall–Kier alpha value is -3.34. The lowest BCUT2D eigenvalue weighted by Crippen LogP contribution is -2.03. The molecule has 0 radical (unpaired) electrons. The highest BCUT2D eigenvalue weighted by molar-refractivity contribution is 6.14. The molecule has 0 unspecified atom stereocenters. The molecule has 0 aliphatic rings. The van der Waals surface area contributed by atoms with Gasteiger partial charge in [0.15, 0.2) is 11.5 Å². The van der Waals surface area contributed by atoms with Crippen LogP contribution in [-0.2, 0) is 0 Å². The molecule has 2 aromatic carbocycles. The molecule has 5 nitrogen and oxygen atoms in total. The van der Waals surface area contributed by atoms with Crippen molar-refractivity contribution in [2.24, 2.45) is 5.16 Å². The predicted octanol–water partition coefficient (Wildman–Crippen LogP) is 5.00. The van der Waals surface area contributed by atoms with E-state index in [1.807, 2.05) is 58.0 Å². The molecule has 4 aromatic rings. The molecule has 5 heteroatoms. The molecule has 0 bridgehead atoms. The number of aryl methyl sites for hydroxylation is 4. The van der Waals surface area contributed by atoms with Crippen molar-refractivity contribution in [3.8, 4) is 0 Å². The number of benzene rings is 2. The minimum absolute atomic E-state index is 0.366. The summed E-state index contributed by atoms with van der Waals surface area (Å²) in [5.74, 6) is 0.495. The molecule has 0 spiro atoms. The van der Waals surface area contributed by atoms with Crippen molar-refractivity contribution in [1.82, 2.24) is 0 Å². The molecule has 2 aromatic heterocycles. The molecular formula is C22H19NO4. The summed E-state index contributed by atoms with van der Waals surface area (Å²) in [6.45, 7) is 7.67. The SMILES string of the molecule is Cc1ccc(/C(=N/O)c2oc3c(C)c4oc(=O)cc(C)c4cc3c2C)cc1. The van der Waals surface area contributed by atoms with E-state index in [0.717, 1.165) is 38.6 Å². The lowest BCUT2D eigenvalue weighted by atomic mass is 10.0. The van der Waals surface area contributed by atoms with Crippen molar-refractivity contribution < 1.29 is 14.0 Å². The van der Waals surface area contributed by atoms with E-state index in [2.05, 4.69) is 5.16 Å². The van der Waals surface area contributed by atoms with Crippen LogP contribution in [0.15, 0.2) is 55.2 Å². The van der Waals surface area contributed by atoms with Gasteiger partial charge in [-0.3, -0.25) is 0 Å². The number of hydrogen-bond donors (Lipinski definition) is 1. The lowest BCUT2D eigenvalue weighted by Gasteiger charge is -2.04. The maximum atomic E-state index is 11.8. The Kier molecular flexibility index (Phi) is 3.88. The van der Waals surface area contributed by atoms with Crippen LogP contribution in [0.3, 0.4) is 0 Å². The third kappa shape index (κ3) is 2.63. The number of rotatable bonds is 2. The van der Waals surface area contributed by atoms with Crippen LogP contribution < -0.4 is 5.63 Å². The molecule has 0 fully saturated rings. The fourth-order valence-electron chi connectivity index (χ4n) is 3.47. The second kappa shape index (κ2) is 6.13. The van der Waals surface area contributed by atoms with Gasteiger partial charge in [-0.15, -0.1) is 0 Å². The highest BCUT2D eigenvalue weighted by Crippen LogP contribution is 2.35. The fourth-order valence-corrected chi connectivity index (χ4v) is 3.47. The van der Waals surface area contributed by atoms with E-state index >= 15 is 0 Å². The maximum absolute atomic E-state index is 11.8. The van der Waals surface area contributed by atoms with Crippen LogP contribution in [0.5, 0.6) is 0 Å². The Morgan fingerprint density at radius 2 is 1.56 bits per heavy atom. The molecule has 0 aliphatic carbocycles. The molecule has 27 heavy (non-hydrogen) atoms. The zero-order valence-corrected chi connectivity index (χ0v) is 15.6. The summed E-state index contributed by atoms with van der Waals surface area (Å²) < 4.78 is 11.5. The number of fused-ring (bicyclic) bond motifs is 2. The molecule has 4 rings (SSSR count).